The minimum absolute atomic E-state index is 0.506. The molecule has 0 saturated carbocycles. The number of methoxy groups -OCH3 is 1. The van der Waals surface area contributed by atoms with Crippen molar-refractivity contribution in [2.45, 2.75) is 6.92 Å². The van der Waals surface area contributed by atoms with E-state index in [-0.39, 0.29) is 0 Å². The number of nitrogens with one attached hydrogen (secondary N) is 1. The number of nitrogens with zero attached hydrogens (tertiary/aromatic N) is 1. The van der Waals surface area contributed by atoms with E-state index in [1.165, 1.54) is 0 Å². The van der Waals surface area contributed by atoms with Crippen molar-refractivity contribution < 1.29 is 4.74 Å². The third-order valence-electron chi connectivity index (χ3n) is 2.63. The Bertz CT molecular complexity index is 572. The van der Waals surface area contributed by atoms with Crippen molar-refractivity contribution in [1.29, 1.82) is 0 Å². The average Bonchev–Trinajstić information content (AvgIpc) is 2.37. The summed E-state index contributed by atoms with van der Waals surface area (Å²) in [5, 5.41) is 3.85. The van der Waals surface area contributed by atoms with Crippen LogP contribution < -0.4 is 15.8 Å². The highest BCUT2D eigenvalue weighted by atomic mass is 35.5. The normalized spacial score (nSPS) is 10.2. The summed E-state index contributed by atoms with van der Waals surface area (Å²) in [5.41, 5.74) is 8.24. The minimum atomic E-state index is 0.506. The van der Waals surface area contributed by atoms with Gasteiger partial charge in [0.2, 0.25) is 5.88 Å². The first-order valence-electron chi connectivity index (χ1n) is 5.44. The quantitative estimate of drug-likeness (QED) is 0.891. The molecule has 18 heavy (non-hydrogen) atoms. The van der Waals surface area contributed by atoms with E-state index in [0.717, 1.165) is 11.3 Å². The Hall–Kier alpha value is -1.94. The van der Waals surface area contributed by atoms with E-state index in [4.69, 9.17) is 22.1 Å². The second kappa shape index (κ2) is 5.14. The molecular formula is C13H14ClN3O. The SMILES string of the molecule is COc1ccc(N)c(Nc2cccc(Cl)c2C)n1. The van der Waals surface area contributed by atoms with Gasteiger partial charge in [0.25, 0.3) is 0 Å². The Kier molecular flexibility index (Phi) is 3.58. The molecule has 0 radical (unpaired) electrons. The van der Waals surface area contributed by atoms with Gasteiger partial charge in [-0.1, -0.05) is 17.7 Å². The summed E-state index contributed by atoms with van der Waals surface area (Å²) in [6, 6.07) is 9.08. The molecule has 4 nitrogen and oxygen atoms in total. The first-order valence-corrected chi connectivity index (χ1v) is 5.82. The zero-order chi connectivity index (χ0) is 13.1. The first-order chi connectivity index (χ1) is 8.61. The van der Waals surface area contributed by atoms with E-state index < -0.39 is 0 Å². The number of benzene rings is 1. The molecule has 1 heterocycles. The molecule has 3 N–H and O–H groups in total. The highest BCUT2D eigenvalue weighted by Crippen LogP contribution is 2.28. The molecule has 0 aliphatic heterocycles. The smallest absolute Gasteiger partial charge is 0.215 e. The van der Waals surface area contributed by atoms with Gasteiger partial charge in [0, 0.05) is 16.8 Å². The summed E-state index contributed by atoms with van der Waals surface area (Å²) in [6.07, 6.45) is 0. The first kappa shape index (κ1) is 12.5. The number of aromatic nitrogens is 1. The number of rotatable bonds is 3. The zero-order valence-electron chi connectivity index (χ0n) is 10.2. The fourth-order valence-corrected chi connectivity index (χ4v) is 1.71. The molecule has 1 aromatic carbocycles. The molecule has 0 saturated heterocycles. The molecule has 0 fully saturated rings. The van der Waals surface area contributed by atoms with Crippen molar-refractivity contribution >= 4 is 28.8 Å². The van der Waals surface area contributed by atoms with Gasteiger partial charge in [-0.15, -0.1) is 0 Å². The van der Waals surface area contributed by atoms with E-state index in [0.29, 0.717) is 22.4 Å². The van der Waals surface area contributed by atoms with E-state index in [2.05, 4.69) is 10.3 Å². The number of anilines is 3. The van der Waals surface area contributed by atoms with Gasteiger partial charge in [0.15, 0.2) is 5.82 Å². The molecule has 0 amide bonds. The molecule has 0 aliphatic rings. The lowest BCUT2D eigenvalue weighted by molar-refractivity contribution is 0.398. The maximum atomic E-state index is 6.06. The van der Waals surface area contributed by atoms with Crippen LogP contribution in [0.3, 0.4) is 0 Å². The van der Waals surface area contributed by atoms with Gasteiger partial charge in [-0.2, -0.15) is 4.98 Å². The average molecular weight is 264 g/mol. The topological polar surface area (TPSA) is 60.2 Å². The minimum Gasteiger partial charge on any atom is -0.481 e. The summed E-state index contributed by atoms with van der Waals surface area (Å²) < 4.78 is 5.07. The Labute approximate surface area is 111 Å². The predicted octanol–water partition coefficient (Wildman–Crippen LogP) is 3.38. The second-order valence-electron chi connectivity index (χ2n) is 3.83. The lowest BCUT2D eigenvalue weighted by atomic mass is 10.2. The van der Waals surface area contributed by atoms with Crippen molar-refractivity contribution in [3.63, 3.8) is 0 Å². The molecule has 94 valence electrons. The molecule has 0 spiro atoms. The van der Waals surface area contributed by atoms with E-state index in [9.17, 15) is 0 Å². The summed E-state index contributed by atoms with van der Waals surface area (Å²) >= 11 is 6.06. The molecule has 2 aromatic rings. The highest BCUT2D eigenvalue weighted by molar-refractivity contribution is 6.31. The van der Waals surface area contributed by atoms with Crippen LogP contribution in [-0.4, -0.2) is 12.1 Å². The van der Waals surface area contributed by atoms with Crippen molar-refractivity contribution in [2.24, 2.45) is 0 Å². The van der Waals surface area contributed by atoms with Crippen molar-refractivity contribution in [1.82, 2.24) is 4.98 Å². The molecule has 0 aliphatic carbocycles. The third kappa shape index (κ3) is 2.49. The highest BCUT2D eigenvalue weighted by Gasteiger charge is 2.07. The van der Waals surface area contributed by atoms with Crippen molar-refractivity contribution in [3.8, 4) is 5.88 Å². The van der Waals surface area contributed by atoms with Gasteiger partial charge in [0.1, 0.15) is 0 Å². The number of ether oxygens (including phenoxy) is 1. The number of nitrogen functional groups attached to an aromatic ring is 1. The Balaban J connectivity index is 2.36. The van der Waals surface area contributed by atoms with Gasteiger partial charge < -0.3 is 15.8 Å². The Morgan fingerprint density at radius 3 is 2.78 bits per heavy atom. The second-order valence-corrected chi connectivity index (χ2v) is 4.24. The van der Waals surface area contributed by atoms with Crippen molar-refractivity contribution in [2.75, 3.05) is 18.2 Å². The van der Waals surface area contributed by atoms with Crippen LogP contribution in [0, 0.1) is 6.92 Å². The van der Waals surface area contributed by atoms with Crippen LogP contribution in [0.15, 0.2) is 30.3 Å². The monoisotopic (exact) mass is 263 g/mol. The standard InChI is InChI=1S/C13H14ClN3O/c1-8-9(14)4-3-5-11(8)16-13-10(15)6-7-12(17-13)18-2/h3-7H,15H2,1-2H3,(H,16,17). The van der Waals surface area contributed by atoms with Gasteiger partial charge in [0.05, 0.1) is 12.8 Å². The molecule has 0 atom stereocenters. The maximum Gasteiger partial charge on any atom is 0.215 e. The number of pyridine rings is 1. The largest absolute Gasteiger partial charge is 0.481 e. The summed E-state index contributed by atoms with van der Waals surface area (Å²) in [4.78, 5) is 4.26. The molecular weight excluding hydrogens is 250 g/mol. The molecule has 2 rings (SSSR count). The summed E-state index contributed by atoms with van der Waals surface area (Å²) in [5.74, 6) is 1.06. The van der Waals surface area contributed by atoms with Crippen molar-refractivity contribution in [3.05, 3.63) is 40.9 Å². The number of hydrogen-bond donors (Lipinski definition) is 2. The van der Waals surface area contributed by atoms with Crippen LogP contribution in [-0.2, 0) is 0 Å². The van der Waals surface area contributed by atoms with Crippen LogP contribution in [0.2, 0.25) is 5.02 Å². The van der Waals surface area contributed by atoms with Gasteiger partial charge in [-0.25, -0.2) is 0 Å². The molecule has 0 bridgehead atoms. The summed E-state index contributed by atoms with van der Waals surface area (Å²) in [6.45, 7) is 1.93. The van der Waals surface area contributed by atoms with Crippen LogP contribution in [0.4, 0.5) is 17.2 Å². The van der Waals surface area contributed by atoms with Crippen LogP contribution in [0.1, 0.15) is 5.56 Å². The summed E-state index contributed by atoms with van der Waals surface area (Å²) in [7, 11) is 1.56. The van der Waals surface area contributed by atoms with Gasteiger partial charge in [-0.05, 0) is 30.7 Å². The fraction of sp³-hybridized carbons (Fsp3) is 0.154. The van der Waals surface area contributed by atoms with E-state index in [1.807, 2.05) is 25.1 Å². The molecule has 1 aromatic heterocycles. The van der Waals surface area contributed by atoms with Gasteiger partial charge in [-0.3, -0.25) is 0 Å². The van der Waals surface area contributed by atoms with Crippen LogP contribution >= 0.6 is 11.6 Å². The number of halogens is 1. The Morgan fingerprint density at radius 2 is 2.06 bits per heavy atom. The lowest BCUT2D eigenvalue weighted by Crippen LogP contribution is -2.01. The number of nitrogens with two attached hydrogens (primary N) is 1. The predicted molar refractivity (Wildman–Crippen MR) is 74.7 cm³/mol. The third-order valence-corrected chi connectivity index (χ3v) is 3.04. The Morgan fingerprint density at radius 1 is 1.28 bits per heavy atom. The molecule has 0 unspecified atom stereocenters. The number of hydrogen-bond acceptors (Lipinski definition) is 4. The maximum absolute atomic E-state index is 6.06. The zero-order valence-corrected chi connectivity index (χ0v) is 11.0. The van der Waals surface area contributed by atoms with Crippen LogP contribution in [0.25, 0.3) is 0 Å². The lowest BCUT2D eigenvalue weighted by Gasteiger charge is -2.12. The van der Waals surface area contributed by atoms with Gasteiger partial charge >= 0.3 is 0 Å². The fourth-order valence-electron chi connectivity index (χ4n) is 1.54. The molecule has 5 heteroatoms. The van der Waals surface area contributed by atoms with E-state index in [1.54, 1.807) is 19.2 Å². The van der Waals surface area contributed by atoms with Crippen LogP contribution in [0.5, 0.6) is 5.88 Å². The van der Waals surface area contributed by atoms with E-state index >= 15 is 0 Å².